The molecule has 6 heteroatoms. The Labute approximate surface area is 168 Å². The quantitative estimate of drug-likeness (QED) is 0.387. The number of phenols is 1. The number of aliphatic hydroxyl groups is 1. The van der Waals surface area contributed by atoms with Gasteiger partial charge in [0.25, 0.3) is 0 Å². The highest BCUT2D eigenvalue weighted by Crippen LogP contribution is 2.28. The zero-order chi connectivity index (χ0) is 21.2. The summed E-state index contributed by atoms with van der Waals surface area (Å²) in [4.78, 5) is 24.0. The number of aromatic hydroxyl groups is 1. The van der Waals surface area contributed by atoms with Gasteiger partial charge in [0, 0.05) is 5.56 Å². The fraction of sp³-hybridized carbons (Fsp3) is 0.130. The van der Waals surface area contributed by atoms with Gasteiger partial charge in [-0.05, 0) is 47.5 Å². The van der Waals surface area contributed by atoms with E-state index in [1.807, 2.05) is 0 Å². The van der Waals surface area contributed by atoms with Crippen molar-refractivity contribution in [1.29, 1.82) is 0 Å². The fourth-order valence-corrected chi connectivity index (χ4v) is 2.44. The summed E-state index contributed by atoms with van der Waals surface area (Å²) in [5.74, 6) is 0.0647. The van der Waals surface area contributed by atoms with Gasteiger partial charge in [-0.3, -0.25) is 9.59 Å². The van der Waals surface area contributed by atoms with Gasteiger partial charge in [-0.25, -0.2) is 0 Å². The molecule has 2 N–H and O–H groups in total. The molecule has 6 nitrogen and oxygen atoms in total. The summed E-state index contributed by atoms with van der Waals surface area (Å²) in [7, 11) is 1.47. The summed E-state index contributed by atoms with van der Waals surface area (Å²) in [6.45, 7) is -0.314. The normalized spacial score (nSPS) is 10.8. The molecule has 0 aliphatic heterocycles. The van der Waals surface area contributed by atoms with Crippen LogP contribution in [-0.2, 0) is 16.2 Å². The minimum Gasteiger partial charge on any atom is -0.508 e. The number of hydrogen-bond acceptors (Lipinski definition) is 6. The zero-order valence-electron chi connectivity index (χ0n) is 15.8. The van der Waals surface area contributed by atoms with E-state index in [2.05, 4.69) is 6.11 Å². The first-order valence-electron chi connectivity index (χ1n) is 8.62. The Morgan fingerprint density at radius 2 is 1.66 bits per heavy atom. The Morgan fingerprint density at radius 1 is 1.03 bits per heavy atom. The summed E-state index contributed by atoms with van der Waals surface area (Å²) in [5, 5.41) is 18.7. The van der Waals surface area contributed by atoms with E-state index in [4.69, 9.17) is 21.0 Å². The molecule has 0 heterocycles. The van der Waals surface area contributed by atoms with Crippen LogP contribution in [0.3, 0.4) is 0 Å². The maximum Gasteiger partial charge on any atom is 0.182 e. The molecule has 0 aliphatic carbocycles. The number of terminal acetylenes is 1. The van der Waals surface area contributed by atoms with Crippen LogP contribution in [-0.4, -0.2) is 28.9 Å². The van der Waals surface area contributed by atoms with E-state index in [0.29, 0.717) is 28.2 Å². The SMILES string of the molecule is C#COc1ccc(/C=C/C(=O)CC(=O)/C=C/c2ccc(O)c(CO)c2)cc1OC. The third-order valence-corrected chi connectivity index (χ3v) is 3.90. The van der Waals surface area contributed by atoms with Crippen molar-refractivity contribution in [1.82, 2.24) is 0 Å². The number of allylic oxidation sites excluding steroid dienone is 2. The van der Waals surface area contributed by atoms with Gasteiger partial charge in [-0.1, -0.05) is 30.7 Å². The van der Waals surface area contributed by atoms with Crippen LogP contribution in [0.5, 0.6) is 17.2 Å². The molecule has 0 bridgehead atoms. The molecule has 2 aromatic rings. The number of aliphatic hydroxyl groups excluding tert-OH is 1. The number of rotatable bonds is 9. The summed E-state index contributed by atoms with van der Waals surface area (Å²) in [6.07, 6.45) is 12.6. The average molecular weight is 392 g/mol. The molecule has 0 amide bonds. The van der Waals surface area contributed by atoms with Crippen molar-refractivity contribution in [2.24, 2.45) is 0 Å². The number of methoxy groups -OCH3 is 1. The van der Waals surface area contributed by atoms with Gasteiger partial charge < -0.3 is 19.7 Å². The molecular formula is C23H20O6. The lowest BCUT2D eigenvalue weighted by Crippen LogP contribution is -2.02. The molecule has 0 fully saturated rings. The van der Waals surface area contributed by atoms with Gasteiger partial charge in [0.2, 0.25) is 0 Å². The average Bonchev–Trinajstić information content (AvgIpc) is 2.72. The molecule has 0 saturated carbocycles. The molecule has 29 heavy (non-hydrogen) atoms. The van der Waals surface area contributed by atoms with Gasteiger partial charge in [0.1, 0.15) is 11.9 Å². The maximum absolute atomic E-state index is 12.0. The van der Waals surface area contributed by atoms with Gasteiger partial charge in [-0.15, -0.1) is 0 Å². The minimum absolute atomic E-state index is 0.0215. The third-order valence-electron chi connectivity index (χ3n) is 3.90. The number of carbonyl (C=O) groups is 2. The molecule has 0 unspecified atom stereocenters. The first-order valence-corrected chi connectivity index (χ1v) is 8.62. The van der Waals surface area contributed by atoms with Crippen molar-refractivity contribution in [2.75, 3.05) is 7.11 Å². The van der Waals surface area contributed by atoms with Crippen molar-refractivity contribution in [2.45, 2.75) is 13.0 Å². The summed E-state index contributed by atoms with van der Waals surface area (Å²) in [5.41, 5.74) is 1.67. The second-order valence-corrected chi connectivity index (χ2v) is 5.95. The molecule has 0 atom stereocenters. The first kappa shape index (κ1) is 21.5. The lowest BCUT2D eigenvalue weighted by atomic mass is 10.1. The minimum atomic E-state index is -0.367. The van der Waals surface area contributed by atoms with Crippen LogP contribution < -0.4 is 9.47 Å². The largest absolute Gasteiger partial charge is 0.508 e. The summed E-state index contributed by atoms with van der Waals surface area (Å²) in [6, 6.07) is 9.56. The van der Waals surface area contributed by atoms with E-state index in [1.165, 1.54) is 31.4 Å². The van der Waals surface area contributed by atoms with Crippen LogP contribution >= 0.6 is 0 Å². The van der Waals surface area contributed by atoms with Crippen molar-refractivity contribution in [3.63, 3.8) is 0 Å². The highest BCUT2D eigenvalue weighted by atomic mass is 16.5. The number of ketones is 2. The predicted octanol–water partition coefficient (Wildman–Crippen LogP) is 3.12. The molecule has 2 rings (SSSR count). The second-order valence-electron chi connectivity index (χ2n) is 5.95. The Morgan fingerprint density at radius 3 is 2.24 bits per heavy atom. The fourth-order valence-electron chi connectivity index (χ4n) is 2.44. The lowest BCUT2D eigenvalue weighted by molar-refractivity contribution is -0.121. The predicted molar refractivity (Wildman–Crippen MR) is 109 cm³/mol. The Bertz CT molecular complexity index is 995. The van der Waals surface area contributed by atoms with Crippen LogP contribution in [0.4, 0.5) is 0 Å². The monoisotopic (exact) mass is 392 g/mol. The van der Waals surface area contributed by atoms with E-state index < -0.39 is 0 Å². The topological polar surface area (TPSA) is 93.1 Å². The van der Waals surface area contributed by atoms with Crippen LogP contribution in [0.2, 0.25) is 0 Å². The molecule has 0 radical (unpaired) electrons. The van der Waals surface area contributed by atoms with Crippen LogP contribution in [0.25, 0.3) is 12.2 Å². The van der Waals surface area contributed by atoms with E-state index >= 15 is 0 Å². The van der Waals surface area contributed by atoms with E-state index in [0.717, 1.165) is 0 Å². The van der Waals surface area contributed by atoms with Gasteiger partial charge >= 0.3 is 0 Å². The van der Waals surface area contributed by atoms with Crippen molar-refractivity contribution in [3.05, 3.63) is 65.2 Å². The van der Waals surface area contributed by atoms with E-state index in [9.17, 15) is 14.7 Å². The van der Waals surface area contributed by atoms with E-state index in [-0.39, 0.29) is 30.3 Å². The van der Waals surface area contributed by atoms with Crippen molar-refractivity contribution < 1.29 is 29.3 Å². The van der Waals surface area contributed by atoms with Crippen LogP contribution in [0, 0.1) is 12.5 Å². The molecule has 0 spiro atoms. The standard InChI is InChI=1S/C23H20O6/c1-3-29-22-11-7-17(13-23(22)28-2)5-9-20(26)14-19(25)8-4-16-6-10-21(27)18(12-16)15-24/h1,4-13,24,27H,14-15H2,2H3/b8-4+,9-5+. The Kier molecular flexibility index (Phi) is 7.78. The molecule has 0 saturated heterocycles. The number of carbonyl (C=O) groups excluding carboxylic acids is 2. The molecule has 0 aromatic heterocycles. The van der Waals surface area contributed by atoms with Gasteiger partial charge in [0.05, 0.1) is 20.1 Å². The Balaban J connectivity index is 1.98. The number of benzene rings is 2. The van der Waals surface area contributed by atoms with Gasteiger partial charge in [0.15, 0.2) is 23.1 Å². The summed E-state index contributed by atoms with van der Waals surface area (Å²) < 4.78 is 10.2. The molecule has 2 aromatic carbocycles. The molecule has 148 valence electrons. The van der Waals surface area contributed by atoms with Crippen molar-refractivity contribution in [3.8, 4) is 29.8 Å². The first-order chi connectivity index (χ1) is 14.0. The smallest absolute Gasteiger partial charge is 0.182 e. The Hall–Kier alpha value is -3.82. The lowest BCUT2D eigenvalue weighted by Gasteiger charge is -2.06. The van der Waals surface area contributed by atoms with Crippen LogP contribution in [0.15, 0.2) is 48.6 Å². The maximum atomic E-state index is 12.0. The molecule has 0 aliphatic rings. The second kappa shape index (κ2) is 10.5. The zero-order valence-corrected chi connectivity index (χ0v) is 15.8. The van der Waals surface area contributed by atoms with E-state index in [1.54, 1.807) is 36.4 Å². The van der Waals surface area contributed by atoms with Crippen LogP contribution in [0.1, 0.15) is 23.1 Å². The van der Waals surface area contributed by atoms with Crippen molar-refractivity contribution >= 4 is 23.7 Å². The number of hydrogen-bond donors (Lipinski definition) is 2. The van der Waals surface area contributed by atoms with Gasteiger partial charge in [-0.2, -0.15) is 0 Å². The summed E-state index contributed by atoms with van der Waals surface area (Å²) >= 11 is 0. The number of ether oxygens (including phenoxy) is 2. The molecular weight excluding hydrogens is 372 g/mol. The third kappa shape index (κ3) is 6.38. The highest BCUT2D eigenvalue weighted by Gasteiger charge is 2.07. The highest BCUT2D eigenvalue weighted by molar-refractivity contribution is 6.10.